The lowest BCUT2D eigenvalue weighted by molar-refractivity contribution is -0.180. The van der Waals surface area contributed by atoms with Crippen molar-refractivity contribution >= 4 is 0 Å². The van der Waals surface area contributed by atoms with E-state index in [1.807, 2.05) is 0 Å². The zero-order chi connectivity index (χ0) is 27.4. The van der Waals surface area contributed by atoms with Crippen molar-refractivity contribution < 1.29 is 35.5 Å². The first-order chi connectivity index (χ1) is 18.1. The highest BCUT2D eigenvalue weighted by Gasteiger charge is 2.32. The van der Waals surface area contributed by atoms with Crippen LogP contribution >= 0.6 is 0 Å². The minimum Gasteiger partial charge on any atom is -0.432 e. The van der Waals surface area contributed by atoms with Crippen LogP contribution in [-0.2, 0) is 6.42 Å². The summed E-state index contributed by atoms with van der Waals surface area (Å²) in [7, 11) is 0. The summed E-state index contributed by atoms with van der Waals surface area (Å²) in [4.78, 5) is 0. The van der Waals surface area contributed by atoms with Gasteiger partial charge in [-0.3, -0.25) is 0 Å². The second-order valence-electron chi connectivity index (χ2n) is 9.97. The third-order valence-electron chi connectivity index (χ3n) is 7.29. The van der Waals surface area contributed by atoms with Crippen LogP contribution in [0.25, 0.3) is 11.1 Å². The molecule has 0 heterocycles. The van der Waals surface area contributed by atoms with Crippen molar-refractivity contribution in [3.8, 4) is 16.9 Å². The molecule has 204 valence electrons. The standard InChI is InChI=1S/C30H29F7O/c1-2-3-18-4-8-20(9-5-18)23-12-13-24(28(34)27(23)33)21-10-6-19(7-11-21)14-15-30(36,37)38-22-16-25(31)29(35)26(32)17-22/h6-7,10-13,16-18,20H,2-5,8-9,14-15H2,1H3. The minimum absolute atomic E-state index is 0.000754. The summed E-state index contributed by atoms with van der Waals surface area (Å²) in [6.07, 6.45) is 1.23. The van der Waals surface area contributed by atoms with Gasteiger partial charge in [0.15, 0.2) is 29.1 Å². The maximum Gasteiger partial charge on any atom is 0.398 e. The van der Waals surface area contributed by atoms with Crippen LogP contribution in [0.5, 0.6) is 5.75 Å². The molecular weight excluding hydrogens is 509 g/mol. The zero-order valence-corrected chi connectivity index (χ0v) is 21.0. The summed E-state index contributed by atoms with van der Waals surface area (Å²) in [5, 5.41) is 0. The fraction of sp³-hybridized carbons (Fsp3) is 0.400. The number of alkyl halides is 2. The van der Waals surface area contributed by atoms with E-state index in [0.717, 1.165) is 38.5 Å². The Hall–Kier alpha value is -3.03. The molecule has 0 saturated heterocycles. The molecule has 38 heavy (non-hydrogen) atoms. The van der Waals surface area contributed by atoms with Gasteiger partial charge in [-0.15, -0.1) is 0 Å². The summed E-state index contributed by atoms with van der Waals surface area (Å²) >= 11 is 0. The van der Waals surface area contributed by atoms with Crippen molar-refractivity contribution in [1.29, 1.82) is 0 Å². The molecule has 0 spiro atoms. The number of hydrogen-bond acceptors (Lipinski definition) is 1. The van der Waals surface area contributed by atoms with Gasteiger partial charge in [0.1, 0.15) is 5.75 Å². The number of benzene rings is 3. The minimum atomic E-state index is -3.78. The van der Waals surface area contributed by atoms with Crippen LogP contribution < -0.4 is 4.74 Å². The summed E-state index contributed by atoms with van der Waals surface area (Å²) in [5.41, 5.74) is 1.37. The van der Waals surface area contributed by atoms with E-state index in [-0.39, 0.29) is 17.9 Å². The fourth-order valence-electron chi connectivity index (χ4n) is 5.23. The number of ether oxygens (including phenoxy) is 1. The van der Waals surface area contributed by atoms with Crippen LogP contribution in [0.1, 0.15) is 68.9 Å². The molecule has 0 unspecified atom stereocenters. The van der Waals surface area contributed by atoms with Crippen LogP contribution in [0.2, 0.25) is 0 Å². The van der Waals surface area contributed by atoms with Gasteiger partial charge in [-0.25, -0.2) is 22.0 Å². The SMILES string of the molecule is CCCC1CCC(c2ccc(-c3ccc(CCC(F)(F)Oc4cc(F)c(F)c(F)c4)cc3)c(F)c2F)CC1. The Balaban J connectivity index is 1.39. The highest BCUT2D eigenvalue weighted by Crippen LogP contribution is 2.40. The van der Waals surface area contributed by atoms with Crippen LogP contribution in [-0.4, -0.2) is 6.11 Å². The van der Waals surface area contributed by atoms with E-state index in [4.69, 9.17) is 0 Å². The predicted octanol–water partition coefficient (Wildman–Crippen LogP) is 9.73. The molecule has 1 aliphatic carbocycles. The summed E-state index contributed by atoms with van der Waals surface area (Å²) in [6.45, 7) is 2.15. The third kappa shape index (κ3) is 6.51. The van der Waals surface area contributed by atoms with Crippen molar-refractivity contribution in [3.05, 3.63) is 88.7 Å². The zero-order valence-electron chi connectivity index (χ0n) is 21.0. The molecular formula is C30H29F7O. The first-order valence-corrected chi connectivity index (χ1v) is 12.9. The van der Waals surface area contributed by atoms with Gasteiger partial charge in [0, 0.05) is 17.7 Å². The Kier molecular flexibility index (Phi) is 8.68. The smallest absolute Gasteiger partial charge is 0.398 e. The number of hydrogen-bond donors (Lipinski definition) is 0. The van der Waals surface area contributed by atoms with E-state index in [1.165, 1.54) is 24.3 Å². The van der Waals surface area contributed by atoms with E-state index in [2.05, 4.69) is 11.7 Å². The molecule has 3 aromatic rings. The molecule has 0 amide bonds. The van der Waals surface area contributed by atoms with E-state index < -0.39 is 47.4 Å². The Morgan fingerprint density at radius 3 is 2.03 bits per heavy atom. The maximum absolute atomic E-state index is 15.0. The third-order valence-corrected chi connectivity index (χ3v) is 7.29. The topological polar surface area (TPSA) is 9.23 Å². The van der Waals surface area contributed by atoms with E-state index in [9.17, 15) is 22.0 Å². The normalized spacial score (nSPS) is 18.0. The predicted molar refractivity (Wildman–Crippen MR) is 132 cm³/mol. The molecule has 0 bridgehead atoms. The molecule has 8 heteroatoms. The first-order valence-electron chi connectivity index (χ1n) is 12.9. The molecule has 0 aliphatic heterocycles. The first kappa shape index (κ1) is 28.0. The molecule has 1 fully saturated rings. The van der Waals surface area contributed by atoms with E-state index in [1.54, 1.807) is 12.1 Å². The lowest BCUT2D eigenvalue weighted by atomic mass is 9.77. The fourth-order valence-corrected chi connectivity index (χ4v) is 5.23. The maximum atomic E-state index is 15.0. The van der Waals surface area contributed by atoms with Crippen molar-refractivity contribution in [2.45, 2.75) is 70.3 Å². The van der Waals surface area contributed by atoms with Crippen molar-refractivity contribution in [1.82, 2.24) is 0 Å². The lowest BCUT2D eigenvalue weighted by Gasteiger charge is -2.29. The highest BCUT2D eigenvalue weighted by atomic mass is 19.3. The van der Waals surface area contributed by atoms with Crippen molar-refractivity contribution in [2.24, 2.45) is 5.92 Å². The van der Waals surface area contributed by atoms with Gasteiger partial charge in [-0.1, -0.05) is 56.2 Å². The Labute approximate surface area is 217 Å². The average molecular weight is 539 g/mol. The number of aryl methyl sites for hydroxylation is 1. The Morgan fingerprint density at radius 1 is 0.789 bits per heavy atom. The van der Waals surface area contributed by atoms with Gasteiger partial charge in [-0.2, -0.15) is 8.78 Å². The van der Waals surface area contributed by atoms with Crippen LogP contribution in [0.3, 0.4) is 0 Å². The van der Waals surface area contributed by atoms with Gasteiger partial charge in [0.05, 0.1) is 6.42 Å². The molecule has 3 aromatic carbocycles. The number of rotatable bonds is 9. The second-order valence-corrected chi connectivity index (χ2v) is 9.97. The number of halogens is 7. The van der Waals surface area contributed by atoms with Crippen LogP contribution in [0.4, 0.5) is 30.7 Å². The summed E-state index contributed by atoms with van der Waals surface area (Å²) in [6, 6.07) is 9.97. The second kappa shape index (κ2) is 11.8. The van der Waals surface area contributed by atoms with Gasteiger partial charge in [0.25, 0.3) is 0 Å². The average Bonchev–Trinajstić information content (AvgIpc) is 2.89. The monoisotopic (exact) mass is 538 g/mol. The molecule has 0 aromatic heterocycles. The largest absolute Gasteiger partial charge is 0.432 e. The van der Waals surface area contributed by atoms with Gasteiger partial charge >= 0.3 is 6.11 Å². The highest BCUT2D eigenvalue weighted by molar-refractivity contribution is 5.65. The van der Waals surface area contributed by atoms with Crippen LogP contribution in [0, 0.1) is 35.0 Å². The van der Waals surface area contributed by atoms with E-state index >= 15 is 8.78 Å². The van der Waals surface area contributed by atoms with Crippen molar-refractivity contribution in [3.63, 3.8) is 0 Å². The summed E-state index contributed by atoms with van der Waals surface area (Å²) in [5.74, 6) is -6.99. The molecule has 0 N–H and O–H groups in total. The van der Waals surface area contributed by atoms with Crippen molar-refractivity contribution in [2.75, 3.05) is 0 Å². The molecule has 1 nitrogen and oxygen atoms in total. The Morgan fingerprint density at radius 2 is 1.42 bits per heavy atom. The molecule has 4 rings (SSSR count). The molecule has 0 radical (unpaired) electrons. The molecule has 0 atom stereocenters. The van der Waals surface area contributed by atoms with Gasteiger partial charge in [0.2, 0.25) is 0 Å². The lowest BCUT2D eigenvalue weighted by Crippen LogP contribution is -2.25. The van der Waals surface area contributed by atoms with Gasteiger partial charge in [-0.05, 0) is 60.6 Å². The molecule has 1 saturated carbocycles. The Bertz CT molecular complexity index is 1230. The van der Waals surface area contributed by atoms with E-state index in [0.29, 0.717) is 34.7 Å². The van der Waals surface area contributed by atoms with Gasteiger partial charge < -0.3 is 4.74 Å². The summed E-state index contributed by atoms with van der Waals surface area (Å²) < 4.78 is 102. The van der Waals surface area contributed by atoms with Crippen LogP contribution in [0.15, 0.2) is 48.5 Å². The quantitative estimate of drug-likeness (QED) is 0.195. The molecule has 1 aliphatic rings.